The number of ether oxygens (including phenoxy) is 1. The van der Waals surface area contributed by atoms with E-state index in [0.29, 0.717) is 42.9 Å². The van der Waals surface area contributed by atoms with E-state index < -0.39 is 5.09 Å². The minimum Gasteiger partial charge on any atom is -0.492 e. The van der Waals surface area contributed by atoms with E-state index in [9.17, 15) is 19.7 Å². The van der Waals surface area contributed by atoms with E-state index in [4.69, 9.17) is 4.74 Å². The van der Waals surface area contributed by atoms with E-state index in [0.717, 1.165) is 32.5 Å². The fraction of sp³-hybridized carbons (Fsp3) is 0.600. The highest BCUT2D eigenvalue weighted by atomic mass is 16.9. The van der Waals surface area contributed by atoms with Crippen LogP contribution in [0.25, 0.3) is 0 Å². The second-order valence-corrected chi connectivity index (χ2v) is 7.34. The summed E-state index contributed by atoms with van der Waals surface area (Å²) in [5.74, 6) is 0.0497. The number of rotatable bonds is 12. The fourth-order valence-electron chi connectivity index (χ4n) is 3.73. The molecule has 1 aromatic carbocycles. The van der Waals surface area contributed by atoms with Gasteiger partial charge in [-0.15, -0.1) is 10.1 Å². The number of hydrogen-bond acceptors (Lipinski definition) is 7. The van der Waals surface area contributed by atoms with Crippen molar-refractivity contribution >= 4 is 11.8 Å². The number of amides is 2. The second-order valence-electron chi connectivity index (χ2n) is 7.34. The highest BCUT2D eigenvalue weighted by Crippen LogP contribution is 2.27. The summed E-state index contributed by atoms with van der Waals surface area (Å²) in [4.78, 5) is 43.1. The zero-order chi connectivity index (χ0) is 20.6. The van der Waals surface area contributed by atoms with Crippen molar-refractivity contribution in [1.82, 2.24) is 9.80 Å². The summed E-state index contributed by atoms with van der Waals surface area (Å²) in [5, 5.41) is 9.27. The smallest absolute Gasteiger partial charge is 0.294 e. The summed E-state index contributed by atoms with van der Waals surface area (Å²) < 4.78 is 5.78. The van der Waals surface area contributed by atoms with Gasteiger partial charge in [-0.2, -0.15) is 0 Å². The third kappa shape index (κ3) is 5.66. The molecule has 2 aliphatic rings. The number of fused-ring (bicyclic) bond motifs is 1. The second kappa shape index (κ2) is 10.2. The van der Waals surface area contributed by atoms with Gasteiger partial charge in [-0.1, -0.05) is 12.8 Å². The lowest BCUT2D eigenvalue weighted by atomic mass is 10.1. The van der Waals surface area contributed by atoms with Crippen LogP contribution in [0.5, 0.6) is 5.75 Å². The van der Waals surface area contributed by atoms with Gasteiger partial charge in [0.1, 0.15) is 12.4 Å². The first-order valence-corrected chi connectivity index (χ1v) is 10.2. The van der Waals surface area contributed by atoms with E-state index in [1.165, 1.54) is 17.7 Å². The molecule has 1 aromatic rings. The zero-order valence-corrected chi connectivity index (χ0v) is 16.5. The van der Waals surface area contributed by atoms with E-state index in [1.807, 2.05) is 0 Å². The van der Waals surface area contributed by atoms with Gasteiger partial charge in [0.05, 0.1) is 17.7 Å². The van der Waals surface area contributed by atoms with E-state index in [2.05, 4.69) is 9.74 Å². The van der Waals surface area contributed by atoms with Crippen LogP contribution in [-0.2, 0) is 4.84 Å². The highest BCUT2D eigenvalue weighted by molar-refractivity contribution is 6.21. The highest BCUT2D eigenvalue weighted by Gasteiger charge is 2.35. The van der Waals surface area contributed by atoms with Crippen LogP contribution in [-0.4, -0.2) is 66.1 Å². The summed E-state index contributed by atoms with van der Waals surface area (Å²) in [6, 6.07) is 5.07. The summed E-state index contributed by atoms with van der Waals surface area (Å²) in [6.45, 7) is 4.05. The number of carbonyl (C=O) groups excluding carboxylic acids is 2. The van der Waals surface area contributed by atoms with Gasteiger partial charge < -0.3 is 9.57 Å². The van der Waals surface area contributed by atoms with Crippen LogP contribution in [0.3, 0.4) is 0 Å². The molecule has 0 bridgehead atoms. The molecule has 1 saturated heterocycles. The first kappa shape index (κ1) is 21.0. The van der Waals surface area contributed by atoms with Gasteiger partial charge in [0, 0.05) is 13.1 Å². The summed E-state index contributed by atoms with van der Waals surface area (Å²) in [7, 11) is 0. The Morgan fingerprint density at radius 2 is 1.66 bits per heavy atom. The number of imide groups is 1. The van der Waals surface area contributed by atoms with Gasteiger partial charge in [0.25, 0.3) is 16.9 Å². The predicted molar refractivity (Wildman–Crippen MR) is 104 cm³/mol. The molecule has 2 aliphatic heterocycles. The molecule has 29 heavy (non-hydrogen) atoms. The van der Waals surface area contributed by atoms with Crippen LogP contribution in [0.1, 0.15) is 59.2 Å². The lowest BCUT2D eigenvalue weighted by molar-refractivity contribution is -0.757. The molecule has 0 atom stereocenters. The molecule has 2 heterocycles. The van der Waals surface area contributed by atoms with E-state index in [-0.39, 0.29) is 18.4 Å². The maximum atomic E-state index is 12.6. The summed E-state index contributed by atoms with van der Waals surface area (Å²) >= 11 is 0. The molecule has 3 rings (SSSR count). The van der Waals surface area contributed by atoms with Gasteiger partial charge in [-0.25, -0.2) is 0 Å². The largest absolute Gasteiger partial charge is 0.492 e. The molecule has 9 heteroatoms. The van der Waals surface area contributed by atoms with Crippen LogP contribution >= 0.6 is 0 Å². The first-order chi connectivity index (χ1) is 14.1. The average molecular weight is 405 g/mol. The van der Waals surface area contributed by atoms with Crippen molar-refractivity contribution in [1.29, 1.82) is 0 Å². The number of unbranched alkanes of at least 4 members (excludes halogenated alkanes) is 3. The molecule has 0 N–H and O–H groups in total. The van der Waals surface area contributed by atoms with Crippen LogP contribution in [0.15, 0.2) is 18.2 Å². The Bertz CT molecular complexity index is 748. The number of nitrogens with zero attached hydrogens (tertiary/aromatic N) is 3. The minimum atomic E-state index is -0.802. The molecule has 0 unspecified atom stereocenters. The standard InChI is InChI=1S/C20H27N3O6/c24-19-17-8-7-16(28-14-12-21-9-4-5-10-21)15-18(17)20(25)22(19)11-3-1-2-6-13-29-23(26)27/h7-8,15H,1-6,9-14H2. The van der Waals surface area contributed by atoms with Crippen molar-refractivity contribution in [3.05, 3.63) is 39.4 Å². The monoisotopic (exact) mass is 405 g/mol. The SMILES string of the molecule is O=C1c2ccc(OCCN3CCCC3)cc2C(=O)N1CCCCCCO[N+](=O)[O-]. The fourth-order valence-corrected chi connectivity index (χ4v) is 3.73. The number of hydrogen-bond donors (Lipinski definition) is 0. The van der Waals surface area contributed by atoms with Gasteiger partial charge in [-0.3, -0.25) is 19.4 Å². The Morgan fingerprint density at radius 1 is 0.931 bits per heavy atom. The normalized spacial score (nSPS) is 16.3. The van der Waals surface area contributed by atoms with Crippen molar-refractivity contribution in [2.45, 2.75) is 38.5 Å². The predicted octanol–water partition coefficient (Wildman–Crippen LogP) is 2.53. The van der Waals surface area contributed by atoms with Crippen LogP contribution in [0, 0.1) is 10.1 Å². The molecular formula is C20H27N3O6. The Hall–Kier alpha value is -2.68. The van der Waals surface area contributed by atoms with Gasteiger partial charge in [-0.05, 0) is 57.0 Å². The maximum absolute atomic E-state index is 12.6. The van der Waals surface area contributed by atoms with Crippen LogP contribution in [0.2, 0.25) is 0 Å². The van der Waals surface area contributed by atoms with Crippen molar-refractivity contribution < 1.29 is 24.3 Å². The summed E-state index contributed by atoms with van der Waals surface area (Å²) in [5.41, 5.74) is 0.814. The molecule has 2 amide bonds. The Morgan fingerprint density at radius 3 is 2.41 bits per heavy atom. The Labute approximate surface area is 169 Å². The minimum absolute atomic E-state index is 0.0700. The van der Waals surface area contributed by atoms with Gasteiger partial charge in [0.2, 0.25) is 0 Å². The molecule has 0 aromatic heterocycles. The molecule has 0 saturated carbocycles. The van der Waals surface area contributed by atoms with Crippen LogP contribution in [0.4, 0.5) is 0 Å². The van der Waals surface area contributed by atoms with Crippen molar-refractivity contribution in [2.24, 2.45) is 0 Å². The first-order valence-electron chi connectivity index (χ1n) is 10.2. The molecule has 9 nitrogen and oxygen atoms in total. The van der Waals surface area contributed by atoms with Gasteiger partial charge >= 0.3 is 0 Å². The molecule has 1 fully saturated rings. The van der Waals surface area contributed by atoms with Crippen molar-refractivity contribution in [3.63, 3.8) is 0 Å². The quantitative estimate of drug-likeness (QED) is 0.228. The maximum Gasteiger partial charge on any atom is 0.294 e. The lowest BCUT2D eigenvalue weighted by Gasteiger charge is -2.15. The van der Waals surface area contributed by atoms with Crippen molar-refractivity contribution in [2.75, 3.05) is 39.4 Å². The molecule has 0 aliphatic carbocycles. The average Bonchev–Trinajstić information content (AvgIpc) is 3.29. The van der Waals surface area contributed by atoms with Crippen LogP contribution < -0.4 is 4.74 Å². The van der Waals surface area contributed by atoms with Gasteiger partial charge in [0.15, 0.2) is 0 Å². The molecule has 0 radical (unpaired) electrons. The molecule has 0 spiro atoms. The molecule has 158 valence electrons. The third-order valence-corrected chi connectivity index (χ3v) is 5.29. The third-order valence-electron chi connectivity index (χ3n) is 5.29. The number of likely N-dealkylation sites (tertiary alicyclic amines) is 1. The number of benzene rings is 1. The van der Waals surface area contributed by atoms with E-state index >= 15 is 0 Å². The van der Waals surface area contributed by atoms with Crippen molar-refractivity contribution in [3.8, 4) is 5.75 Å². The zero-order valence-electron chi connectivity index (χ0n) is 16.5. The molecular weight excluding hydrogens is 378 g/mol. The Balaban J connectivity index is 1.43. The summed E-state index contributed by atoms with van der Waals surface area (Å²) in [6.07, 6.45) is 5.20. The number of carbonyl (C=O) groups is 2. The lowest BCUT2D eigenvalue weighted by Crippen LogP contribution is -2.30. The van der Waals surface area contributed by atoms with E-state index in [1.54, 1.807) is 18.2 Å². The Kier molecular flexibility index (Phi) is 7.40. The topological polar surface area (TPSA) is 102 Å².